The molecule has 2 aliphatic rings. The number of nitrogens with zero attached hydrogens (tertiary/aromatic N) is 4. The predicted octanol–water partition coefficient (Wildman–Crippen LogP) is 2.18. The molecule has 1 amide bonds. The Morgan fingerprint density at radius 1 is 1.14 bits per heavy atom. The molecule has 0 unspecified atom stereocenters. The molecule has 4 rings (SSSR count). The van der Waals surface area contributed by atoms with Crippen LogP contribution in [0.1, 0.15) is 30.0 Å². The van der Waals surface area contributed by atoms with Gasteiger partial charge >= 0.3 is 6.09 Å². The molecule has 1 aromatic heterocycles. The second-order valence-corrected chi connectivity index (χ2v) is 9.51. The van der Waals surface area contributed by atoms with Gasteiger partial charge in [0, 0.05) is 25.2 Å². The average Bonchev–Trinajstić information content (AvgIpc) is 3.08. The number of anilines is 1. The molecule has 29 heavy (non-hydrogen) atoms. The Morgan fingerprint density at radius 3 is 2.55 bits per heavy atom. The lowest BCUT2D eigenvalue weighted by Crippen LogP contribution is -2.38. The molecule has 2 fully saturated rings. The quantitative estimate of drug-likeness (QED) is 0.742. The molecule has 1 aromatic carbocycles. The van der Waals surface area contributed by atoms with E-state index in [4.69, 9.17) is 9.72 Å². The lowest BCUT2D eigenvalue weighted by atomic mass is 9.95. The van der Waals surface area contributed by atoms with Gasteiger partial charge in [0.2, 0.25) is 10.0 Å². The smallest absolute Gasteiger partial charge is 0.415 e. The van der Waals surface area contributed by atoms with Crippen molar-refractivity contribution in [3.63, 3.8) is 0 Å². The Bertz CT molecular complexity index is 975. The molecule has 2 aliphatic heterocycles. The number of ether oxygens (including phenoxy) is 1. The Hall–Kier alpha value is -2.52. The maximum Gasteiger partial charge on any atom is 0.415 e. The van der Waals surface area contributed by atoms with Crippen LogP contribution in [0.15, 0.2) is 42.7 Å². The molecular weight excluding hydrogens is 392 g/mol. The lowest BCUT2D eigenvalue weighted by Gasteiger charge is -2.30. The van der Waals surface area contributed by atoms with Crippen molar-refractivity contribution in [1.82, 2.24) is 14.3 Å². The van der Waals surface area contributed by atoms with Crippen molar-refractivity contribution < 1.29 is 17.9 Å². The lowest BCUT2D eigenvalue weighted by molar-refractivity contribution is 0.178. The SMILES string of the molecule is CS(=O)(=O)N1CCC(c2cncc(N3C(=O)OC[C@H]3Cc3ccccc3)n2)CC1. The normalized spacial score (nSPS) is 21.3. The van der Waals surface area contributed by atoms with Crippen LogP contribution in [-0.4, -0.2) is 60.8 Å². The van der Waals surface area contributed by atoms with E-state index in [1.807, 2.05) is 30.3 Å². The van der Waals surface area contributed by atoms with E-state index in [0.29, 0.717) is 44.8 Å². The van der Waals surface area contributed by atoms with E-state index in [-0.39, 0.29) is 12.0 Å². The summed E-state index contributed by atoms with van der Waals surface area (Å²) >= 11 is 0. The summed E-state index contributed by atoms with van der Waals surface area (Å²) < 4.78 is 30.2. The summed E-state index contributed by atoms with van der Waals surface area (Å²) in [4.78, 5) is 23.0. The summed E-state index contributed by atoms with van der Waals surface area (Å²) in [6.45, 7) is 1.25. The molecule has 0 aliphatic carbocycles. The topological polar surface area (TPSA) is 92.7 Å². The number of amides is 1. The molecule has 0 saturated carbocycles. The van der Waals surface area contributed by atoms with Crippen LogP contribution in [-0.2, 0) is 21.2 Å². The summed E-state index contributed by atoms with van der Waals surface area (Å²) in [5, 5.41) is 0. The molecule has 0 radical (unpaired) electrons. The van der Waals surface area contributed by atoms with Gasteiger partial charge in [0.15, 0.2) is 5.82 Å². The molecule has 2 aromatic rings. The zero-order chi connectivity index (χ0) is 20.4. The second kappa shape index (κ2) is 8.08. The first-order valence-electron chi connectivity index (χ1n) is 9.69. The predicted molar refractivity (Wildman–Crippen MR) is 108 cm³/mol. The fraction of sp³-hybridized carbons (Fsp3) is 0.450. The number of rotatable bonds is 5. The van der Waals surface area contributed by atoms with Crippen molar-refractivity contribution >= 4 is 21.9 Å². The van der Waals surface area contributed by atoms with Crippen molar-refractivity contribution in [3.05, 3.63) is 54.0 Å². The Balaban J connectivity index is 1.51. The van der Waals surface area contributed by atoms with E-state index in [1.165, 1.54) is 10.6 Å². The summed E-state index contributed by atoms with van der Waals surface area (Å²) in [5.74, 6) is 0.600. The molecule has 0 N–H and O–H groups in total. The van der Waals surface area contributed by atoms with Gasteiger partial charge in [0.05, 0.1) is 24.2 Å². The fourth-order valence-corrected chi connectivity index (χ4v) is 4.82. The van der Waals surface area contributed by atoms with Gasteiger partial charge in [0.1, 0.15) is 6.61 Å². The fourth-order valence-electron chi connectivity index (χ4n) is 3.94. The number of benzene rings is 1. The average molecular weight is 417 g/mol. The van der Waals surface area contributed by atoms with E-state index < -0.39 is 16.1 Å². The molecule has 3 heterocycles. The summed E-state index contributed by atoms with van der Waals surface area (Å²) in [6, 6.07) is 9.82. The van der Waals surface area contributed by atoms with Crippen molar-refractivity contribution in [3.8, 4) is 0 Å². The number of hydrogen-bond donors (Lipinski definition) is 0. The van der Waals surface area contributed by atoms with Crippen molar-refractivity contribution in [1.29, 1.82) is 0 Å². The van der Waals surface area contributed by atoms with Gasteiger partial charge in [-0.25, -0.2) is 22.5 Å². The van der Waals surface area contributed by atoms with E-state index in [9.17, 15) is 13.2 Å². The third kappa shape index (κ3) is 4.40. The Labute approximate surface area is 170 Å². The summed E-state index contributed by atoms with van der Waals surface area (Å²) in [6.07, 6.45) is 6.15. The molecule has 0 spiro atoms. The van der Waals surface area contributed by atoms with Gasteiger partial charge in [-0.15, -0.1) is 0 Å². The van der Waals surface area contributed by atoms with Gasteiger partial charge in [-0.2, -0.15) is 0 Å². The first-order chi connectivity index (χ1) is 13.9. The van der Waals surface area contributed by atoms with Gasteiger partial charge in [-0.1, -0.05) is 30.3 Å². The minimum absolute atomic E-state index is 0.117. The molecule has 154 valence electrons. The second-order valence-electron chi connectivity index (χ2n) is 7.53. The van der Waals surface area contributed by atoms with Crippen LogP contribution < -0.4 is 4.90 Å². The number of hydrogen-bond acceptors (Lipinski definition) is 6. The van der Waals surface area contributed by atoms with Crippen molar-refractivity contribution in [2.75, 3.05) is 30.9 Å². The number of sulfonamides is 1. The van der Waals surface area contributed by atoms with Crippen LogP contribution in [0, 0.1) is 0 Å². The number of cyclic esters (lactones) is 1. The maximum absolute atomic E-state index is 12.4. The molecule has 8 nitrogen and oxygen atoms in total. The number of carbonyl (C=O) groups excluding carboxylic acids is 1. The first kappa shape index (κ1) is 19.8. The third-order valence-corrected chi connectivity index (χ3v) is 6.81. The summed E-state index contributed by atoms with van der Waals surface area (Å²) in [5.41, 5.74) is 1.91. The van der Waals surface area contributed by atoms with Crippen LogP contribution in [0.25, 0.3) is 0 Å². The number of piperidine rings is 1. The molecule has 0 bridgehead atoms. The Morgan fingerprint density at radius 2 is 1.86 bits per heavy atom. The number of carbonyl (C=O) groups is 1. The van der Waals surface area contributed by atoms with Crippen LogP contribution in [0.5, 0.6) is 0 Å². The monoisotopic (exact) mass is 416 g/mol. The first-order valence-corrected chi connectivity index (χ1v) is 11.5. The highest BCUT2D eigenvalue weighted by molar-refractivity contribution is 7.88. The highest BCUT2D eigenvalue weighted by atomic mass is 32.2. The zero-order valence-electron chi connectivity index (χ0n) is 16.3. The molecular formula is C20H24N4O4S. The highest BCUT2D eigenvalue weighted by Crippen LogP contribution is 2.30. The van der Waals surface area contributed by atoms with E-state index in [0.717, 1.165) is 11.3 Å². The molecule has 1 atom stereocenters. The molecule has 2 saturated heterocycles. The van der Waals surface area contributed by atoms with Gasteiger partial charge in [0.25, 0.3) is 0 Å². The van der Waals surface area contributed by atoms with E-state index >= 15 is 0 Å². The largest absolute Gasteiger partial charge is 0.447 e. The molecule has 9 heteroatoms. The van der Waals surface area contributed by atoms with E-state index in [1.54, 1.807) is 17.3 Å². The van der Waals surface area contributed by atoms with Crippen molar-refractivity contribution in [2.24, 2.45) is 0 Å². The van der Waals surface area contributed by atoms with Crippen LogP contribution in [0.4, 0.5) is 10.6 Å². The number of aromatic nitrogens is 2. The maximum atomic E-state index is 12.4. The van der Waals surface area contributed by atoms with Crippen LogP contribution >= 0.6 is 0 Å². The Kier molecular flexibility index (Phi) is 5.51. The highest BCUT2D eigenvalue weighted by Gasteiger charge is 2.36. The van der Waals surface area contributed by atoms with Gasteiger partial charge < -0.3 is 4.74 Å². The third-order valence-electron chi connectivity index (χ3n) is 5.50. The van der Waals surface area contributed by atoms with Gasteiger partial charge in [-0.3, -0.25) is 9.88 Å². The van der Waals surface area contributed by atoms with Crippen LogP contribution in [0.3, 0.4) is 0 Å². The zero-order valence-corrected chi connectivity index (χ0v) is 17.1. The van der Waals surface area contributed by atoms with Crippen molar-refractivity contribution in [2.45, 2.75) is 31.2 Å². The van der Waals surface area contributed by atoms with Gasteiger partial charge in [-0.05, 0) is 24.8 Å². The van der Waals surface area contributed by atoms with Crippen LogP contribution in [0.2, 0.25) is 0 Å². The van der Waals surface area contributed by atoms with E-state index in [2.05, 4.69) is 4.98 Å². The minimum Gasteiger partial charge on any atom is -0.447 e. The minimum atomic E-state index is -3.17. The summed E-state index contributed by atoms with van der Waals surface area (Å²) in [7, 11) is -3.17. The standard InChI is InChI=1S/C20H24N4O4S/c1-29(26,27)23-9-7-16(8-10-23)18-12-21-13-19(22-18)24-17(14-28-20(24)25)11-15-5-3-2-4-6-15/h2-6,12-13,16-17H,7-11,14H2,1H3/t17-/m1/s1.